The topological polar surface area (TPSA) is 84.2 Å². The van der Waals surface area contributed by atoms with Crippen molar-refractivity contribution in [3.8, 4) is 0 Å². The molecular weight excluding hydrogens is 208 g/mol. The molecule has 1 saturated heterocycles. The standard InChI is InChI=1S/C10H16N4O2/c1-6(2)8-3-9(12-11)10(14-13-8)16-5-7-4-15-7/h3,7,12-13H,4-5,11H2,1-2H3. The maximum Gasteiger partial charge on any atom is 0.256 e. The van der Waals surface area contributed by atoms with Crippen LogP contribution in [0.2, 0.25) is 0 Å². The van der Waals surface area contributed by atoms with Crippen LogP contribution >= 0.6 is 0 Å². The van der Waals surface area contributed by atoms with Gasteiger partial charge in [-0.15, -0.1) is 5.10 Å². The summed E-state index contributed by atoms with van der Waals surface area (Å²) in [4.78, 5) is 0. The van der Waals surface area contributed by atoms with Gasteiger partial charge in [0.15, 0.2) is 0 Å². The summed E-state index contributed by atoms with van der Waals surface area (Å²) in [7, 11) is 0. The lowest BCUT2D eigenvalue weighted by Crippen LogP contribution is -2.33. The van der Waals surface area contributed by atoms with Crippen molar-refractivity contribution in [3.05, 3.63) is 23.0 Å². The van der Waals surface area contributed by atoms with Crippen LogP contribution in [0.5, 0.6) is 0 Å². The summed E-state index contributed by atoms with van der Waals surface area (Å²) in [6.07, 6.45) is 2.07. The molecule has 4 N–H and O–H groups in total. The molecule has 0 aromatic rings. The smallest absolute Gasteiger partial charge is 0.256 e. The molecule has 0 aliphatic carbocycles. The zero-order valence-electron chi connectivity index (χ0n) is 9.41. The number of nitrogens with zero attached hydrogens (tertiary/aromatic N) is 1. The van der Waals surface area contributed by atoms with E-state index in [4.69, 9.17) is 15.3 Å². The normalized spacial score (nSPS) is 22.9. The summed E-state index contributed by atoms with van der Waals surface area (Å²) in [5.41, 5.74) is 8.19. The van der Waals surface area contributed by atoms with Crippen LogP contribution < -0.4 is 16.7 Å². The van der Waals surface area contributed by atoms with Gasteiger partial charge >= 0.3 is 0 Å². The minimum atomic E-state index is 0.201. The Balaban J connectivity index is 2.02. The van der Waals surface area contributed by atoms with E-state index in [1.54, 1.807) is 0 Å². The van der Waals surface area contributed by atoms with Gasteiger partial charge in [-0.25, -0.2) is 0 Å². The van der Waals surface area contributed by atoms with Crippen LogP contribution in [0.4, 0.5) is 0 Å². The molecule has 2 heterocycles. The molecule has 2 aliphatic heterocycles. The molecule has 88 valence electrons. The molecule has 16 heavy (non-hydrogen) atoms. The van der Waals surface area contributed by atoms with Crippen molar-refractivity contribution >= 4 is 5.90 Å². The molecule has 0 radical (unpaired) electrons. The molecule has 0 saturated carbocycles. The number of ether oxygens (including phenoxy) is 2. The lowest BCUT2D eigenvalue weighted by Gasteiger charge is -2.17. The first-order valence-corrected chi connectivity index (χ1v) is 5.15. The van der Waals surface area contributed by atoms with E-state index in [1.807, 2.05) is 19.9 Å². The molecule has 0 bridgehead atoms. The molecule has 1 unspecified atom stereocenters. The summed E-state index contributed by atoms with van der Waals surface area (Å²) in [6.45, 7) is 5.25. The van der Waals surface area contributed by atoms with Crippen LogP contribution in [-0.4, -0.2) is 25.2 Å². The second-order valence-electron chi connectivity index (χ2n) is 3.91. The maximum atomic E-state index is 5.47. The fourth-order valence-electron chi connectivity index (χ4n) is 1.22. The van der Waals surface area contributed by atoms with Gasteiger partial charge in [0.2, 0.25) is 0 Å². The first-order valence-electron chi connectivity index (χ1n) is 5.15. The number of hydrazone groups is 1. The Morgan fingerprint density at radius 1 is 1.75 bits per heavy atom. The van der Waals surface area contributed by atoms with E-state index in [9.17, 15) is 0 Å². The minimum absolute atomic E-state index is 0.201. The predicted molar refractivity (Wildman–Crippen MR) is 60.0 cm³/mol. The highest BCUT2D eigenvalue weighted by Crippen LogP contribution is 2.13. The number of hydrogen-bond acceptors (Lipinski definition) is 6. The van der Waals surface area contributed by atoms with Crippen LogP contribution in [0, 0.1) is 0 Å². The Morgan fingerprint density at radius 3 is 3.06 bits per heavy atom. The molecule has 0 aromatic carbocycles. The van der Waals surface area contributed by atoms with Gasteiger partial charge in [-0.3, -0.25) is 11.3 Å². The molecule has 6 heteroatoms. The van der Waals surface area contributed by atoms with Gasteiger partial charge in [0.05, 0.1) is 12.3 Å². The zero-order valence-corrected chi connectivity index (χ0v) is 9.41. The highest BCUT2D eigenvalue weighted by Gasteiger charge is 2.25. The third kappa shape index (κ3) is 2.53. The summed E-state index contributed by atoms with van der Waals surface area (Å²) in [6, 6.07) is 0. The second kappa shape index (κ2) is 4.54. The molecule has 6 nitrogen and oxygen atoms in total. The number of epoxide rings is 1. The molecule has 0 spiro atoms. The average Bonchev–Trinajstić information content (AvgIpc) is 3.09. The predicted octanol–water partition coefficient (Wildman–Crippen LogP) is -0.0404. The third-order valence-corrected chi connectivity index (χ3v) is 2.30. The van der Waals surface area contributed by atoms with Crippen LogP contribution in [0.1, 0.15) is 13.8 Å². The molecule has 1 fully saturated rings. The molecule has 1 atom stereocenters. The highest BCUT2D eigenvalue weighted by molar-refractivity contribution is 5.94. The van der Waals surface area contributed by atoms with Crippen LogP contribution in [0.3, 0.4) is 0 Å². The Bertz CT molecular complexity index is 365. The number of hydrogen-bond donors (Lipinski definition) is 3. The van der Waals surface area contributed by atoms with Crippen molar-refractivity contribution in [2.24, 2.45) is 10.9 Å². The average molecular weight is 224 g/mol. The number of rotatable bonds is 3. The van der Waals surface area contributed by atoms with Gasteiger partial charge in [0, 0.05) is 0 Å². The number of nitrogens with one attached hydrogen (secondary N) is 2. The number of allylic oxidation sites excluding steroid dienone is 2. The lowest BCUT2D eigenvalue weighted by molar-refractivity contribution is 0.250. The van der Waals surface area contributed by atoms with Crippen LogP contribution in [0.25, 0.3) is 0 Å². The highest BCUT2D eigenvalue weighted by atomic mass is 16.6. The van der Waals surface area contributed by atoms with E-state index in [-0.39, 0.29) is 6.10 Å². The maximum absolute atomic E-state index is 5.47. The van der Waals surface area contributed by atoms with Crippen molar-refractivity contribution in [1.82, 2.24) is 10.9 Å². The van der Waals surface area contributed by atoms with E-state index in [1.165, 1.54) is 0 Å². The van der Waals surface area contributed by atoms with Crippen molar-refractivity contribution in [2.45, 2.75) is 20.0 Å². The third-order valence-electron chi connectivity index (χ3n) is 2.30. The SMILES string of the molecule is CC(C)=C1C=C(NN)C(OCC2CO2)=NN1. The van der Waals surface area contributed by atoms with Gasteiger partial charge in [-0.1, -0.05) is 5.57 Å². The van der Waals surface area contributed by atoms with Crippen molar-refractivity contribution in [2.75, 3.05) is 13.2 Å². The largest absolute Gasteiger partial charge is 0.472 e. The van der Waals surface area contributed by atoms with Crippen molar-refractivity contribution in [1.29, 1.82) is 0 Å². The minimum Gasteiger partial charge on any atom is -0.472 e. The van der Waals surface area contributed by atoms with Crippen LogP contribution in [-0.2, 0) is 9.47 Å². The van der Waals surface area contributed by atoms with Gasteiger partial charge < -0.3 is 14.9 Å². The summed E-state index contributed by atoms with van der Waals surface area (Å²) < 4.78 is 10.5. The fourth-order valence-corrected chi connectivity index (χ4v) is 1.22. The molecule has 0 aromatic heterocycles. The fraction of sp³-hybridized carbons (Fsp3) is 0.500. The quantitative estimate of drug-likeness (QED) is 0.356. The molecule has 2 aliphatic rings. The molecule has 2 rings (SSSR count). The Kier molecular flexibility index (Phi) is 3.12. The van der Waals surface area contributed by atoms with E-state index in [0.29, 0.717) is 18.2 Å². The number of nitrogens with two attached hydrogens (primary N) is 1. The van der Waals surface area contributed by atoms with Crippen molar-refractivity contribution in [3.63, 3.8) is 0 Å². The van der Waals surface area contributed by atoms with Crippen molar-refractivity contribution < 1.29 is 9.47 Å². The first-order chi connectivity index (χ1) is 7.70. The summed E-state index contributed by atoms with van der Waals surface area (Å²) in [5.74, 6) is 5.88. The van der Waals surface area contributed by atoms with Gasteiger partial charge in [-0.05, 0) is 19.9 Å². The van der Waals surface area contributed by atoms with E-state index >= 15 is 0 Å². The Labute approximate surface area is 94.1 Å². The number of hydrazine groups is 1. The monoisotopic (exact) mass is 224 g/mol. The summed E-state index contributed by atoms with van der Waals surface area (Å²) in [5, 5.41) is 4.10. The van der Waals surface area contributed by atoms with Gasteiger partial charge in [0.25, 0.3) is 5.90 Å². The van der Waals surface area contributed by atoms with Crippen LogP contribution in [0.15, 0.2) is 28.1 Å². The van der Waals surface area contributed by atoms with E-state index < -0.39 is 0 Å². The van der Waals surface area contributed by atoms with E-state index in [2.05, 4.69) is 16.0 Å². The summed E-state index contributed by atoms with van der Waals surface area (Å²) >= 11 is 0. The zero-order chi connectivity index (χ0) is 11.5. The van der Waals surface area contributed by atoms with Gasteiger partial charge in [-0.2, -0.15) is 0 Å². The Hall–Kier alpha value is -1.53. The lowest BCUT2D eigenvalue weighted by atomic mass is 10.2. The second-order valence-corrected chi connectivity index (χ2v) is 3.91. The Morgan fingerprint density at radius 2 is 2.50 bits per heavy atom. The first kappa shape index (κ1) is 11.0. The van der Waals surface area contributed by atoms with Gasteiger partial charge in [0.1, 0.15) is 18.4 Å². The van der Waals surface area contributed by atoms with E-state index in [0.717, 1.165) is 17.9 Å². The molecular formula is C10H16N4O2. The molecule has 0 amide bonds.